The second-order valence-electron chi connectivity index (χ2n) is 15.6. The maximum absolute atomic E-state index is 10.3. The zero-order valence-corrected chi connectivity index (χ0v) is 25.0. The Labute approximate surface area is 240 Å². The van der Waals surface area contributed by atoms with Gasteiger partial charge in [0.25, 0.3) is 0 Å². The van der Waals surface area contributed by atoms with E-state index in [0.29, 0.717) is 11.3 Å². The van der Waals surface area contributed by atoms with Crippen LogP contribution in [0.25, 0.3) is 33.3 Å². The highest BCUT2D eigenvalue weighted by Gasteiger charge is 2.58. The molecule has 2 saturated carbocycles. The Balaban J connectivity index is 1.45. The topological polar surface area (TPSA) is 38.9 Å². The van der Waals surface area contributed by atoms with Gasteiger partial charge in [0, 0.05) is 33.7 Å². The van der Waals surface area contributed by atoms with Crippen molar-refractivity contribution in [2.75, 3.05) is 0 Å². The van der Waals surface area contributed by atoms with Crippen molar-refractivity contribution in [1.82, 2.24) is 9.97 Å². The van der Waals surface area contributed by atoms with Crippen LogP contribution < -0.4 is 0 Å². The molecule has 2 aliphatic rings. The summed E-state index contributed by atoms with van der Waals surface area (Å²) in [6.07, 6.45) is 7.53. The van der Waals surface area contributed by atoms with E-state index in [0.717, 1.165) is 40.4 Å². The first-order valence-electron chi connectivity index (χ1n) is 16.5. The van der Waals surface area contributed by atoms with Crippen LogP contribution in [0.3, 0.4) is 0 Å². The number of fused-ring (bicyclic) bond motifs is 3. The Bertz CT molecular complexity index is 1690. The summed E-state index contributed by atoms with van der Waals surface area (Å²) in [5.41, 5.74) is 3.70. The highest BCUT2D eigenvalue weighted by molar-refractivity contribution is 6.08. The zero-order valence-electron chi connectivity index (χ0n) is 29.0. The molecule has 206 valence electrons. The molecule has 1 aromatic carbocycles. The normalized spacial score (nSPS) is 28.5. The third-order valence-electron chi connectivity index (χ3n) is 9.34. The maximum atomic E-state index is 10.3. The quantitative estimate of drug-likeness (QED) is 0.261. The van der Waals surface area contributed by atoms with Crippen LogP contribution in [-0.2, 0) is 0 Å². The lowest BCUT2D eigenvalue weighted by atomic mass is 9.42. The molecule has 0 N–H and O–H groups in total. The molecule has 0 amide bonds. The summed E-state index contributed by atoms with van der Waals surface area (Å²) < 4.78 is 39.9. The highest BCUT2D eigenvalue weighted by Crippen LogP contribution is 2.69. The fourth-order valence-corrected chi connectivity index (χ4v) is 10.2. The van der Waals surface area contributed by atoms with E-state index >= 15 is 0 Å². The summed E-state index contributed by atoms with van der Waals surface area (Å²) >= 11 is 0. The summed E-state index contributed by atoms with van der Waals surface area (Å²) in [6, 6.07) is 13.4. The molecule has 2 aliphatic carbocycles. The Morgan fingerprint density at radius 2 is 1.51 bits per heavy atom. The number of para-hydroxylation sites is 1. The minimum absolute atomic E-state index is 0.0150. The van der Waals surface area contributed by atoms with Gasteiger partial charge < -0.3 is 4.42 Å². The molecule has 3 heterocycles. The predicted octanol–water partition coefficient (Wildman–Crippen LogP) is 10.5. The van der Waals surface area contributed by atoms with Crippen molar-refractivity contribution in [3.05, 3.63) is 59.9 Å². The molecule has 0 aliphatic heterocycles. The minimum Gasteiger partial charge on any atom is -0.437 e. The van der Waals surface area contributed by atoms with Crippen LogP contribution in [0.15, 0.2) is 53.1 Å². The second-order valence-corrected chi connectivity index (χ2v) is 15.6. The number of aromatic nitrogens is 2. The SMILES string of the molecule is [2H]C([2H])([2H])c1ccc2c(n1)oc1c(-c3cc(C4([2H])C(C)(C)CC5(CC(C)(C)CC(C)(C)C5)CC4(C)C)ccn3)cccc12. The number of pyridine rings is 2. The van der Waals surface area contributed by atoms with Gasteiger partial charge in [-0.1, -0.05) is 67.5 Å². The second kappa shape index (κ2) is 8.41. The Kier molecular flexibility index (Phi) is 4.76. The fraction of sp³-hybridized carbons (Fsp3) is 0.556. The van der Waals surface area contributed by atoms with Crippen LogP contribution in [0.1, 0.15) is 110 Å². The van der Waals surface area contributed by atoms with Crippen LogP contribution in [0.5, 0.6) is 0 Å². The van der Waals surface area contributed by atoms with Crippen LogP contribution in [0.4, 0.5) is 0 Å². The molecule has 0 atom stereocenters. The summed E-state index contributed by atoms with van der Waals surface area (Å²) in [7, 11) is 0. The number of nitrogens with zero attached hydrogens (tertiary/aromatic N) is 2. The van der Waals surface area contributed by atoms with E-state index in [4.69, 9.17) is 13.5 Å². The van der Waals surface area contributed by atoms with Gasteiger partial charge in [-0.25, -0.2) is 4.98 Å². The molecule has 3 nitrogen and oxygen atoms in total. The molecular formula is C36H46N2O. The molecule has 0 radical (unpaired) electrons. The van der Waals surface area contributed by atoms with Crippen LogP contribution in [0.2, 0.25) is 0 Å². The largest absolute Gasteiger partial charge is 0.437 e. The van der Waals surface area contributed by atoms with Gasteiger partial charge in [0.1, 0.15) is 5.58 Å². The van der Waals surface area contributed by atoms with Crippen molar-refractivity contribution < 1.29 is 9.90 Å². The highest BCUT2D eigenvalue weighted by atomic mass is 16.3. The molecule has 3 aromatic heterocycles. The van der Waals surface area contributed by atoms with Crippen molar-refractivity contribution in [2.24, 2.45) is 27.1 Å². The standard InChI is InChI=1S/C36H46N2O/c1-23-13-14-26-25-11-10-12-27(29(25)39-31(26)38-23)28-17-24(15-16-37-28)30-34(6,7)21-36(22-35(30,8)9)19-32(2,3)18-33(4,5)20-36/h10-17,30H,18-22H2,1-9H3/i1D3,30D. The summed E-state index contributed by atoms with van der Waals surface area (Å²) in [5.74, 6) is -0.841. The first-order chi connectivity index (χ1) is 19.7. The minimum atomic E-state index is -2.31. The van der Waals surface area contributed by atoms with Crippen molar-refractivity contribution >= 4 is 22.1 Å². The van der Waals surface area contributed by atoms with Crippen LogP contribution in [0, 0.1) is 33.9 Å². The van der Waals surface area contributed by atoms with Crippen LogP contribution >= 0.6 is 0 Å². The Hall–Kier alpha value is -2.68. The van der Waals surface area contributed by atoms with E-state index in [1.165, 1.54) is 19.3 Å². The average molecular weight is 527 g/mol. The summed E-state index contributed by atoms with van der Waals surface area (Å²) in [6.45, 7) is 16.7. The van der Waals surface area contributed by atoms with E-state index in [1.54, 1.807) is 12.1 Å². The molecule has 0 bridgehead atoms. The number of rotatable bonds is 2. The first kappa shape index (κ1) is 22.1. The molecule has 6 rings (SSSR count). The van der Waals surface area contributed by atoms with Crippen molar-refractivity contribution in [3.8, 4) is 11.3 Å². The number of furan rings is 1. The van der Waals surface area contributed by atoms with E-state index in [-0.39, 0.29) is 32.8 Å². The number of hydrogen-bond donors (Lipinski definition) is 0. The molecular weight excluding hydrogens is 476 g/mol. The van der Waals surface area contributed by atoms with Gasteiger partial charge in [-0.3, -0.25) is 4.98 Å². The fourth-order valence-electron chi connectivity index (χ4n) is 10.2. The zero-order chi connectivity index (χ0) is 31.4. The number of benzene rings is 1. The molecule has 4 aromatic rings. The van der Waals surface area contributed by atoms with Crippen molar-refractivity contribution in [3.63, 3.8) is 0 Å². The monoisotopic (exact) mass is 526 g/mol. The Morgan fingerprint density at radius 1 is 0.821 bits per heavy atom. The lowest BCUT2D eigenvalue weighted by molar-refractivity contribution is -0.104. The third kappa shape index (κ3) is 4.60. The van der Waals surface area contributed by atoms with E-state index in [2.05, 4.69) is 66.4 Å². The Morgan fingerprint density at radius 3 is 2.18 bits per heavy atom. The van der Waals surface area contributed by atoms with Gasteiger partial charge >= 0.3 is 0 Å². The van der Waals surface area contributed by atoms with Gasteiger partial charge in [0.2, 0.25) is 5.71 Å². The van der Waals surface area contributed by atoms with E-state index < -0.39 is 12.7 Å². The molecule has 3 heteroatoms. The van der Waals surface area contributed by atoms with E-state index in [1.807, 2.05) is 30.5 Å². The third-order valence-corrected chi connectivity index (χ3v) is 9.34. The first-order valence-corrected chi connectivity index (χ1v) is 14.5. The van der Waals surface area contributed by atoms with Gasteiger partial charge in [0.05, 0.1) is 5.69 Å². The number of hydrogen-bond acceptors (Lipinski definition) is 3. The predicted molar refractivity (Wildman–Crippen MR) is 163 cm³/mol. The molecule has 39 heavy (non-hydrogen) atoms. The van der Waals surface area contributed by atoms with Gasteiger partial charge in [-0.2, -0.15) is 0 Å². The van der Waals surface area contributed by atoms with Gasteiger partial charge in [-0.05, 0) is 108 Å². The lowest BCUT2D eigenvalue weighted by Crippen LogP contribution is -2.52. The van der Waals surface area contributed by atoms with Crippen LogP contribution in [-0.4, -0.2) is 9.97 Å². The van der Waals surface area contributed by atoms with Gasteiger partial charge in [0.15, 0.2) is 0 Å². The van der Waals surface area contributed by atoms with E-state index in [9.17, 15) is 1.37 Å². The average Bonchev–Trinajstić information content (AvgIpc) is 3.22. The lowest BCUT2D eigenvalue weighted by Gasteiger charge is -2.63. The summed E-state index contributed by atoms with van der Waals surface area (Å²) in [5, 5.41) is 1.64. The molecule has 0 saturated heterocycles. The van der Waals surface area contributed by atoms with Crippen molar-refractivity contribution in [2.45, 2.75) is 100 Å². The molecule has 1 spiro atoms. The van der Waals surface area contributed by atoms with Gasteiger partial charge in [-0.15, -0.1) is 0 Å². The molecule has 2 fully saturated rings. The van der Waals surface area contributed by atoms with Crippen molar-refractivity contribution in [1.29, 1.82) is 0 Å². The number of aryl methyl sites for hydroxylation is 1. The molecule has 0 unspecified atom stereocenters. The summed E-state index contributed by atoms with van der Waals surface area (Å²) in [4.78, 5) is 9.12. The maximum Gasteiger partial charge on any atom is 0.227 e. The smallest absolute Gasteiger partial charge is 0.227 e.